The van der Waals surface area contributed by atoms with E-state index in [9.17, 15) is 14.4 Å². The van der Waals surface area contributed by atoms with E-state index in [1.165, 1.54) is 33.5 Å². The van der Waals surface area contributed by atoms with Crippen molar-refractivity contribution in [1.29, 1.82) is 0 Å². The van der Waals surface area contributed by atoms with Crippen LogP contribution in [-0.2, 0) is 11.2 Å². The highest BCUT2D eigenvalue weighted by molar-refractivity contribution is 5.99. The maximum absolute atomic E-state index is 13.0. The summed E-state index contributed by atoms with van der Waals surface area (Å²) < 4.78 is 15.8. The van der Waals surface area contributed by atoms with Crippen LogP contribution in [0.4, 0.5) is 0 Å². The van der Waals surface area contributed by atoms with Crippen LogP contribution < -0.4 is 30.4 Å². The molecule has 0 saturated heterocycles. The topological polar surface area (TPSA) is 115 Å². The number of hydrazine groups is 1. The minimum Gasteiger partial charge on any atom is -0.493 e. The van der Waals surface area contributed by atoms with Gasteiger partial charge in [-0.05, 0) is 29.8 Å². The summed E-state index contributed by atoms with van der Waals surface area (Å²) in [5.74, 6) is -0.676. The summed E-state index contributed by atoms with van der Waals surface area (Å²) in [6, 6.07) is 19.8. The van der Waals surface area contributed by atoms with Crippen molar-refractivity contribution in [3.63, 3.8) is 0 Å². The van der Waals surface area contributed by atoms with Gasteiger partial charge in [-0.3, -0.25) is 25.2 Å². The minimum absolute atomic E-state index is 0.174. The molecule has 0 bridgehead atoms. The van der Waals surface area contributed by atoms with E-state index >= 15 is 0 Å². The molecular weight excluding hydrogens is 450 g/mol. The molecule has 3 aromatic rings. The summed E-state index contributed by atoms with van der Waals surface area (Å²) in [6.07, 6.45) is 0.227. The van der Waals surface area contributed by atoms with Gasteiger partial charge in [-0.2, -0.15) is 0 Å². The number of carbonyl (C=O) groups excluding carboxylic acids is 3. The van der Waals surface area contributed by atoms with E-state index in [-0.39, 0.29) is 12.0 Å². The van der Waals surface area contributed by atoms with E-state index in [0.29, 0.717) is 22.8 Å². The summed E-state index contributed by atoms with van der Waals surface area (Å²) in [7, 11) is 4.33. The smallest absolute Gasteiger partial charge is 0.269 e. The van der Waals surface area contributed by atoms with Gasteiger partial charge in [0, 0.05) is 17.5 Å². The van der Waals surface area contributed by atoms with Gasteiger partial charge in [-0.15, -0.1) is 0 Å². The Kier molecular flexibility index (Phi) is 8.66. The first-order valence-corrected chi connectivity index (χ1v) is 10.8. The van der Waals surface area contributed by atoms with Gasteiger partial charge in [0.25, 0.3) is 17.7 Å². The average Bonchev–Trinajstić information content (AvgIpc) is 2.91. The Labute approximate surface area is 203 Å². The van der Waals surface area contributed by atoms with Crippen molar-refractivity contribution in [2.75, 3.05) is 21.3 Å². The number of amides is 3. The molecule has 1 unspecified atom stereocenters. The van der Waals surface area contributed by atoms with Gasteiger partial charge in [0.2, 0.25) is 5.75 Å². The molecule has 0 radical (unpaired) electrons. The lowest BCUT2D eigenvalue weighted by atomic mass is 10.0. The van der Waals surface area contributed by atoms with Gasteiger partial charge in [0.15, 0.2) is 11.5 Å². The molecule has 0 aliphatic heterocycles. The molecule has 3 amide bonds. The number of carbonyl (C=O) groups is 3. The third kappa shape index (κ3) is 6.50. The van der Waals surface area contributed by atoms with E-state index in [1.807, 2.05) is 30.3 Å². The van der Waals surface area contributed by atoms with E-state index in [2.05, 4.69) is 16.2 Å². The maximum atomic E-state index is 13.0. The van der Waals surface area contributed by atoms with Crippen LogP contribution in [0.3, 0.4) is 0 Å². The SMILES string of the molecule is COc1cc(C(=O)NNC(=O)C(Cc2ccccc2)NC(=O)c2ccccc2)cc(OC)c1OC. The number of hydrogen-bond donors (Lipinski definition) is 3. The molecular formula is C26H27N3O6. The van der Waals surface area contributed by atoms with Gasteiger partial charge < -0.3 is 19.5 Å². The second kappa shape index (κ2) is 12.1. The highest BCUT2D eigenvalue weighted by Gasteiger charge is 2.23. The number of hydrogen-bond acceptors (Lipinski definition) is 6. The third-order valence-corrected chi connectivity index (χ3v) is 5.17. The lowest BCUT2D eigenvalue weighted by Crippen LogP contribution is -2.53. The molecule has 0 saturated carbocycles. The third-order valence-electron chi connectivity index (χ3n) is 5.17. The van der Waals surface area contributed by atoms with Crippen molar-refractivity contribution in [2.24, 2.45) is 0 Å². The van der Waals surface area contributed by atoms with E-state index in [1.54, 1.807) is 30.3 Å². The fourth-order valence-electron chi connectivity index (χ4n) is 3.38. The van der Waals surface area contributed by atoms with Crippen LogP contribution in [0.25, 0.3) is 0 Å². The Morgan fingerprint density at radius 3 is 1.83 bits per heavy atom. The Balaban J connectivity index is 1.74. The van der Waals surface area contributed by atoms with Crippen LogP contribution in [0.15, 0.2) is 72.8 Å². The van der Waals surface area contributed by atoms with Crippen LogP contribution in [0.5, 0.6) is 17.2 Å². The molecule has 182 valence electrons. The van der Waals surface area contributed by atoms with Gasteiger partial charge in [0.1, 0.15) is 6.04 Å². The normalized spacial score (nSPS) is 11.1. The Bertz CT molecular complexity index is 1140. The van der Waals surface area contributed by atoms with Crippen LogP contribution in [0.2, 0.25) is 0 Å². The number of nitrogens with one attached hydrogen (secondary N) is 3. The molecule has 0 spiro atoms. The summed E-state index contributed by atoms with van der Waals surface area (Å²) in [4.78, 5) is 38.4. The zero-order valence-corrected chi connectivity index (χ0v) is 19.7. The number of rotatable bonds is 9. The second-order valence-corrected chi connectivity index (χ2v) is 7.44. The first-order valence-electron chi connectivity index (χ1n) is 10.8. The largest absolute Gasteiger partial charge is 0.493 e. The number of ether oxygens (including phenoxy) is 3. The molecule has 3 aromatic carbocycles. The van der Waals surface area contributed by atoms with Crippen LogP contribution >= 0.6 is 0 Å². The first-order chi connectivity index (χ1) is 17.0. The fourth-order valence-corrected chi connectivity index (χ4v) is 3.38. The lowest BCUT2D eigenvalue weighted by molar-refractivity contribution is -0.123. The summed E-state index contributed by atoms with van der Waals surface area (Å²) in [5.41, 5.74) is 6.21. The van der Waals surface area contributed by atoms with Crippen molar-refractivity contribution in [2.45, 2.75) is 12.5 Å². The van der Waals surface area contributed by atoms with Crippen molar-refractivity contribution in [3.05, 3.63) is 89.5 Å². The maximum Gasteiger partial charge on any atom is 0.269 e. The number of methoxy groups -OCH3 is 3. The lowest BCUT2D eigenvalue weighted by Gasteiger charge is -2.19. The molecule has 3 rings (SSSR count). The molecule has 0 aliphatic carbocycles. The highest BCUT2D eigenvalue weighted by atomic mass is 16.5. The minimum atomic E-state index is -0.939. The predicted molar refractivity (Wildman–Crippen MR) is 130 cm³/mol. The molecule has 9 nitrogen and oxygen atoms in total. The summed E-state index contributed by atoms with van der Waals surface area (Å²) >= 11 is 0. The monoisotopic (exact) mass is 477 g/mol. The van der Waals surface area contributed by atoms with Crippen molar-refractivity contribution >= 4 is 17.7 Å². The molecule has 0 heterocycles. The molecule has 35 heavy (non-hydrogen) atoms. The predicted octanol–water partition coefficient (Wildman–Crippen LogP) is 2.51. The Morgan fingerprint density at radius 1 is 0.714 bits per heavy atom. The van der Waals surface area contributed by atoms with E-state index in [0.717, 1.165) is 5.56 Å². The molecule has 0 aliphatic rings. The van der Waals surface area contributed by atoms with Crippen molar-refractivity contribution in [3.8, 4) is 17.2 Å². The Morgan fingerprint density at radius 2 is 1.29 bits per heavy atom. The fraction of sp³-hybridized carbons (Fsp3) is 0.192. The average molecular weight is 478 g/mol. The summed E-state index contributed by atoms with van der Waals surface area (Å²) in [5, 5.41) is 2.74. The van der Waals surface area contributed by atoms with Gasteiger partial charge in [-0.25, -0.2) is 0 Å². The van der Waals surface area contributed by atoms with E-state index < -0.39 is 23.8 Å². The molecule has 0 fully saturated rings. The van der Waals surface area contributed by atoms with Gasteiger partial charge >= 0.3 is 0 Å². The Hall–Kier alpha value is -4.53. The zero-order chi connectivity index (χ0) is 25.2. The van der Waals surface area contributed by atoms with Crippen LogP contribution in [0, 0.1) is 0 Å². The molecule has 0 aromatic heterocycles. The van der Waals surface area contributed by atoms with Crippen molar-refractivity contribution in [1.82, 2.24) is 16.2 Å². The molecule has 9 heteroatoms. The van der Waals surface area contributed by atoms with Crippen LogP contribution in [-0.4, -0.2) is 45.1 Å². The molecule has 3 N–H and O–H groups in total. The van der Waals surface area contributed by atoms with Crippen LogP contribution in [0.1, 0.15) is 26.3 Å². The van der Waals surface area contributed by atoms with Gasteiger partial charge in [0.05, 0.1) is 21.3 Å². The first kappa shape index (κ1) is 25.1. The van der Waals surface area contributed by atoms with Crippen molar-refractivity contribution < 1.29 is 28.6 Å². The number of benzene rings is 3. The molecule has 1 atom stereocenters. The highest BCUT2D eigenvalue weighted by Crippen LogP contribution is 2.38. The van der Waals surface area contributed by atoms with E-state index in [4.69, 9.17) is 14.2 Å². The summed E-state index contributed by atoms with van der Waals surface area (Å²) in [6.45, 7) is 0. The second-order valence-electron chi connectivity index (χ2n) is 7.44. The standard InChI is InChI=1S/C26H27N3O6/c1-33-21-15-19(16-22(34-2)23(21)35-3)25(31)28-29-26(32)20(14-17-10-6-4-7-11-17)27-24(30)18-12-8-5-9-13-18/h4-13,15-16,20H,14H2,1-3H3,(H,27,30)(H,28,31)(H,29,32). The zero-order valence-electron chi connectivity index (χ0n) is 19.7. The van der Waals surface area contributed by atoms with Gasteiger partial charge in [-0.1, -0.05) is 48.5 Å². The quantitative estimate of drug-likeness (QED) is 0.408.